The van der Waals surface area contributed by atoms with Gasteiger partial charge in [-0.25, -0.2) is 9.37 Å². The molecule has 1 fully saturated rings. The smallest absolute Gasteiger partial charge is 0.258 e. The van der Waals surface area contributed by atoms with Crippen molar-refractivity contribution < 1.29 is 13.9 Å². The van der Waals surface area contributed by atoms with Gasteiger partial charge in [0, 0.05) is 17.8 Å². The van der Waals surface area contributed by atoms with E-state index in [0.717, 1.165) is 5.69 Å². The molecule has 7 heteroatoms. The number of carbonyl (C=O) groups is 1. The summed E-state index contributed by atoms with van der Waals surface area (Å²) >= 11 is 0. The Bertz CT molecular complexity index is 858. The molecule has 1 saturated carbocycles. The lowest BCUT2D eigenvalue weighted by Gasteiger charge is -2.12. The van der Waals surface area contributed by atoms with Crippen LogP contribution in [0.4, 0.5) is 10.1 Å². The summed E-state index contributed by atoms with van der Waals surface area (Å²) in [6.07, 6.45) is 5.77. The Balaban J connectivity index is 1.65. The highest BCUT2D eigenvalue weighted by Crippen LogP contribution is 2.50. The largest absolute Gasteiger partial charge is 0.481 e. The zero-order chi connectivity index (χ0) is 18.6. The van der Waals surface area contributed by atoms with E-state index in [1.807, 2.05) is 0 Å². The molecular formula is C19H19FN4O2. The molecule has 0 radical (unpaired) electrons. The number of nitrogens with two attached hydrogens (primary N) is 1. The van der Waals surface area contributed by atoms with Crippen LogP contribution in [0.2, 0.25) is 0 Å². The number of amides is 1. The number of hydrogen-bond donors (Lipinski definition) is 2. The molecule has 1 aliphatic rings. The third-order valence-corrected chi connectivity index (χ3v) is 4.23. The minimum Gasteiger partial charge on any atom is -0.481 e. The van der Waals surface area contributed by atoms with Crippen LogP contribution in [0.15, 0.2) is 59.9 Å². The second kappa shape index (κ2) is 7.35. The molecule has 1 aromatic heterocycles. The molecule has 6 nitrogen and oxygen atoms in total. The number of nitrogens with one attached hydrogen (secondary N) is 1. The summed E-state index contributed by atoms with van der Waals surface area (Å²) in [5.41, 5.74) is 6.03. The topological polar surface area (TPSA) is 89.6 Å². The first-order chi connectivity index (χ1) is 12.5. The van der Waals surface area contributed by atoms with E-state index in [9.17, 15) is 9.18 Å². The number of benzene rings is 1. The van der Waals surface area contributed by atoms with Gasteiger partial charge in [0.2, 0.25) is 5.88 Å². The van der Waals surface area contributed by atoms with Crippen molar-refractivity contribution >= 4 is 17.4 Å². The van der Waals surface area contributed by atoms with Crippen LogP contribution in [0.3, 0.4) is 0 Å². The number of rotatable bonds is 6. The van der Waals surface area contributed by atoms with Gasteiger partial charge in [-0.15, -0.1) is 0 Å². The Hall–Kier alpha value is -3.22. The maximum Gasteiger partial charge on any atom is 0.258 e. The number of pyridine rings is 1. The van der Waals surface area contributed by atoms with Gasteiger partial charge < -0.3 is 15.8 Å². The van der Waals surface area contributed by atoms with Crippen molar-refractivity contribution in [3.63, 3.8) is 0 Å². The average molecular weight is 354 g/mol. The van der Waals surface area contributed by atoms with Crippen molar-refractivity contribution in [3.8, 4) is 5.88 Å². The van der Waals surface area contributed by atoms with E-state index in [1.165, 1.54) is 19.3 Å². The van der Waals surface area contributed by atoms with E-state index in [-0.39, 0.29) is 5.84 Å². The normalized spacial score (nSPS) is 15.7. The standard InChI is InChI=1S/C19H19FN4O2/c1-26-17-7-6-13(12-23-17)22-11-8-16(21)24-18(25)19(9-10-19)14-4-2-3-5-15(14)20/h2-8,11-12,22H,9-10H2,1H3,(H2,21,24,25)/b11-8-. The van der Waals surface area contributed by atoms with Gasteiger partial charge in [-0.2, -0.15) is 4.99 Å². The second-order valence-corrected chi connectivity index (χ2v) is 5.97. The Labute approximate surface area is 150 Å². The molecular weight excluding hydrogens is 335 g/mol. The summed E-state index contributed by atoms with van der Waals surface area (Å²) in [4.78, 5) is 20.5. The SMILES string of the molecule is COc1ccc(N/C=C\C(N)=NC(=O)C2(c3ccccc3F)CC2)cn1. The van der Waals surface area contributed by atoms with Crippen LogP contribution >= 0.6 is 0 Å². The fourth-order valence-electron chi connectivity index (χ4n) is 2.64. The third-order valence-electron chi connectivity index (χ3n) is 4.23. The number of aliphatic imine (C=N–C) groups is 1. The highest BCUT2D eigenvalue weighted by molar-refractivity contribution is 6.04. The summed E-state index contributed by atoms with van der Waals surface area (Å²) in [5, 5.41) is 2.96. The average Bonchev–Trinajstić information content (AvgIpc) is 3.44. The second-order valence-electron chi connectivity index (χ2n) is 5.97. The van der Waals surface area contributed by atoms with Crippen LogP contribution in [0.25, 0.3) is 0 Å². The Morgan fingerprint density at radius 1 is 1.35 bits per heavy atom. The quantitative estimate of drug-likeness (QED) is 0.615. The number of carbonyl (C=O) groups excluding carboxylic acids is 1. The van der Waals surface area contributed by atoms with Crippen molar-refractivity contribution in [2.24, 2.45) is 10.7 Å². The first kappa shape index (κ1) is 17.6. The molecule has 1 aromatic carbocycles. The molecule has 0 saturated heterocycles. The molecule has 26 heavy (non-hydrogen) atoms. The van der Waals surface area contributed by atoms with Crippen molar-refractivity contribution in [2.75, 3.05) is 12.4 Å². The molecule has 2 aromatic rings. The molecule has 1 heterocycles. The van der Waals surface area contributed by atoms with Crippen LogP contribution in [-0.2, 0) is 10.2 Å². The monoisotopic (exact) mass is 354 g/mol. The van der Waals surface area contributed by atoms with E-state index in [4.69, 9.17) is 10.5 Å². The summed E-state index contributed by atoms with van der Waals surface area (Å²) in [7, 11) is 1.54. The number of nitrogens with zero attached hydrogens (tertiary/aromatic N) is 2. The number of amidine groups is 1. The Kier molecular flexibility index (Phi) is 4.97. The third kappa shape index (κ3) is 3.72. The summed E-state index contributed by atoms with van der Waals surface area (Å²) < 4.78 is 19.0. The Morgan fingerprint density at radius 3 is 2.73 bits per heavy atom. The van der Waals surface area contributed by atoms with Crippen LogP contribution < -0.4 is 15.8 Å². The maximum absolute atomic E-state index is 14.0. The number of hydrogen-bond acceptors (Lipinski definition) is 4. The minimum atomic E-state index is -0.878. The van der Waals surface area contributed by atoms with Crippen LogP contribution in [0.1, 0.15) is 18.4 Å². The summed E-state index contributed by atoms with van der Waals surface area (Å²) in [6.45, 7) is 0. The molecule has 0 atom stereocenters. The molecule has 1 amide bonds. The Morgan fingerprint density at radius 2 is 2.12 bits per heavy atom. The van der Waals surface area contributed by atoms with Gasteiger partial charge in [0.05, 0.1) is 24.4 Å². The molecule has 0 spiro atoms. The number of aromatic nitrogens is 1. The van der Waals surface area contributed by atoms with Crippen molar-refractivity contribution in [3.05, 3.63) is 66.3 Å². The number of halogens is 1. The molecule has 3 rings (SSSR count). The first-order valence-corrected chi connectivity index (χ1v) is 8.12. The van der Waals surface area contributed by atoms with Crippen molar-refractivity contribution in [1.29, 1.82) is 0 Å². The van der Waals surface area contributed by atoms with Crippen molar-refractivity contribution in [2.45, 2.75) is 18.3 Å². The highest BCUT2D eigenvalue weighted by atomic mass is 19.1. The van der Waals surface area contributed by atoms with E-state index >= 15 is 0 Å². The lowest BCUT2D eigenvalue weighted by atomic mass is 9.94. The minimum absolute atomic E-state index is 0.0478. The van der Waals surface area contributed by atoms with Gasteiger partial charge in [0.15, 0.2) is 0 Å². The van der Waals surface area contributed by atoms with Crippen molar-refractivity contribution in [1.82, 2.24) is 4.98 Å². The van der Waals surface area contributed by atoms with Crippen LogP contribution in [-0.4, -0.2) is 23.8 Å². The van der Waals surface area contributed by atoms with Gasteiger partial charge >= 0.3 is 0 Å². The molecule has 0 aliphatic heterocycles. The predicted octanol–water partition coefficient (Wildman–Crippen LogP) is 2.77. The zero-order valence-electron chi connectivity index (χ0n) is 14.3. The first-order valence-electron chi connectivity index (χ1n) is 8.12. The van der Waals surface area contributed by atoms with E-state index in [1.54, 1.807) is 42.7 Å². The fourth-order valence-corrected chi connectivity index (χ4v) is 2.64. The van der Waals surface area contributed by atoms with Gasteiger partial charge in [0.1, 0.15) is 11.7 Å². The van der Waals surface area contributed by atoms with Crippen LogP contribution in [0.5, 0.6) is 5.88 Å². The van der Waals surface area contributed by atoms with E-state index < -0.39 is 17.1 Å². The number of methoxy groups -OCH3 is 1. The van der Waals surface area contributed by atoms with Gasteiger partial charge in [-0.3, -0.25) is 4.79 Å². The zero-order valence-corrected chi connectivity index (χ0v) is 14.3. The lowest BCUT2D eigenvalue weighted by Crippen LogP contribution is -2.23. The summed E-state index contributed by atoms with van der Waals surface area (Å²) in [5.74, 6) is -0.257. The van der Waals surface area contributed by atoms with E-state index in [0.29, 0.717) is 24.3 Å². The molecule has 0 bridgehead atoms. The molecule has 134 valence electrons. The molecule has 1 aliphatic carbocycles. The van der Waals surface area contributed by atoms with Gasteiger partial charge in [-0.1, -0.05) is 18.2 Å². The van der Waals surface area contributed by atoms with Crippen LogP contribution in [0, 0.1) is 5.82 Å². The van der Waals surface area contributed by atoms with Gasteiger partial charge in [0.25, 0.3) is 5.91 Å². The maximum atomic E-state index is 14.0. The highest BCUT2D eigenvalue weighted by Gasteiger charge is 2.52. The number of ether oxygens (including phenoxy) is 1. The predicted molar refractivity (Wildman–Crippen MR) is 97.5 cm³/mol. The summed E-state index contributed by atoms with van der Waals surface area (Å²) in [6, 6.07) is 9.78. The fraction of sp³-hybridized carbons (Fsp3) is 0.211. The number of anilines is 1. The van der Waals surface area contributed by atoms with E-state index in [2.05, 4.69) is 15.3 Å². The van der Waals surface area contributed by atoms with Gasteiger partial charge in [-0.05, 0) is 31.1 Å². The molecule has 0 unspecified atom stereocenters. The molecule has 3 N–H and O–H groups in total. The lowest BCUT2D eigenvalue weighted by molar-refractivity contribution is -0.120.